The van der Waals surface area contributed by atoms with E-state index in [-0.39, 0.29) is 0 Å². The van der Waals surface area contributed by atoms with Crippen LogP contribution in [0.5, 0.6) is 0 Å². The minimum atomic E-state index is 0.782. The summed E-state index contributed by atoms with van der Waals surface area (Å²) in [7, 11) is 3.75. The van der Waals surface area contributed by atoms with Crippen LogP contribution in [0.3, 0.4) is 0 Å². The fourth-order valence-corrected chi connectivity index (χ4v) is 1.50. The van der Waals surface area contributed by atoms with Crippen molar-refractivity contribution >= 4 is 37.9 Å². The molecule has 0 fully saturated rings. The molecular formula is C8H18N3S3V-3. The van der Waals surface area contributed by atoms with Gasteiger partial charge in [0.2, 0.25) is 0 Å². The summed E-state index contributed by atoms with van der Waals surface area (Å²) in [4.78, 5) is 2.23. The van der Waals surface area contributed by atoms with Gasteiger partial charge in [-0.2, -0.15) is 17.3 Å². The van der Waals surface area contributed by atoms with Gasteiger partial charge >= 0.3 is 40.2 Å². The molecule has 0 heterocycles. The second-order valence-corrected chi connectivity index (χ2v) is 4.39. The third-order valence-corrected chi connectivity index (χ3v) is 2.51. The second kappa shape index (κ2) is 15.4. The summed E-state index contributed by atoms with van der Waals surface area (Å²) in [6.45, 7) is 2.88. The van der Waals surface area contributed by atoms with Crippen LogP contribution in [-0.4, -0.2) is 60.9 Å². The van der Waals surface area contributed by atoms with Crippen LogP contribution in [0, 0.1) is 0 Å². The summed E-state index contributed by atoms with van der Waals surface area (Å²) >= 11 is 16.7. The SMILES string of the molecule is CN(C)[N]=[V].[S-]CCN(CC[S-])CC[S-]. The second-order valence-electron chi connectivity index (χ2n) is 2.89. The van der Waals surface area contributed by atoms with Crippen LogP contribution in [0.4, 0.5) is 0 Å². The summed E-state index contributed by atoms with van der Waals surface area (Å²) in [5.74, 6) is 2.35. The molecule has 0 aliphatic heterocycles. The molecule has 15 heavy (non-hydrogen) atoms. The fraction of sp³-hybridized carbons (Fsp3) is 1.00. The first kappa shape index (κ1) is 18.7. The molecule has 0 aromatic carbocycles. The van der Waals surface area contributed by atoms with Gasteiger partial charge < -0.3 is 42.8 Å². The average Bonchev–Trinajstić information content (AvgIpc) is 2.20. The van der Waals surface area contributed by atoms with Crippen molar-refractivity contribution in [3.63, 3.8) is 0 Å². The molecule has 0 rings (SSSR count). The van der Waals surface area contributed by atoms with Crippen molar-refractivity contribution in [2.75, 3.05) is 51.0 Å². The summed E-state index contributed by atoms with van der Waals surface area (Å²) in [6.07, 6.45) is 0. The zero-order valence-corrected chi connectivity index (χ0v) is 13.1. The van der Waals surface area contributed by atoms with E-state index in [9.17, 15) is 0 Å². The molecule has 7 heteroatoms. The van der Waals surface area contributed by atoms with Crippen molar-refractivity contribution in [1.29, 1.82) is 0 Å². The van der Waals surface area contributed by atoms with E-state index in [2.05, 4.69) is 26.0 Å². The standard InChI is InChI=1S/C6H15NS3.C2H6N2.V/c8-4-1-7(2-5-9)3-6-10;1-4(2)3;/h8-10H,1-6H2;1-2H3;/p-3. The Morgan fingerprint density at radius 3 is 1.33 bits per heavy atom. The minimum absolute atomic E-state index is 0.782. The summed E-state index contributed by atoms with van der Waals surface area (Å²) in [5, 5.41) is 1.72. The smallest absolute Gasteiger partial charge is 0.0239 e. The molecule has 0 amide bonds. The molecule has 0 N–H and O–H groups in total. The van der Waals surface area contributed by atoms with Crippen molar-refractivity contribution in [2.45, 2.75) is 0 Å². The van der Waals surface area contributed by atoms with E-state index >= 15 is 0 Å². The monoisotopic (exact) mass is 303 g/mol. The molecule has 0 aliphatic carbocycles. The molecular weight excluding hydrogens is 285 g/mol. The van der Waals surface area contributed by atoms with E-state index in [0.29, 0.717) is 0 Å². The van der Waals surface area contributed by atoms with E-state index in [1.807, 2.05) is 14.1 Å². The topological polar surface area (TPSA) is 18.8 Å². The first-order chi connectivity index (χ1) is 7.12. The zero-order valence-electron chi connectivity index (χ0n) is 9.26. The first-order valence-corrected chi connectivity index (χ1v) is 6.97. The Morgan fingerprint density at radius 1 is 0.933 bits per heavy atom. The van der Waals surface area contributed by atoms with Gasteiger partial charge in [-0.15, -0.1) is 0 Å². The summed E-state index contributed by atoms with van der Waals surface area (Å²) in [5.41, 5.74) is 0. The Labute approximate surface area is 119 Å². The Balaban J connectivity index is 0. The normalized spacial score (nSPS) is 10.0. The molecule has 0 unspecified atom stereocenters. The molecule has 3 nitrogen and oxygen atoms in total. The maximum atomic E-state index is 4.85. The van der Waals surface area contributed by atoms with Gasteiger partial charge in [-0.25, -0.2) is 0 Å². The van der Waals surface area contributed by atoms with Crippen LogP contribution >= 0.6 is 0 Å². The number of nitrogens with zero attached hydrogens (tertiary/aromatic N) is 3. The van der Waals surface area contributed by atoms with Crippen molar-refractivity contribution in [2.24, 2.45) is 3.90 Å². The predicted octanol–water partition coefficient (Wildman–Crippen LogP) is 0.123. The van der Waals surface area contributed by atoms with Gasteiger partial charge in [0.15, 0.2) is 0 Å². The predicted molar refractivity (Wildman–Crippen MR) is 69.3 cm³/mol. The average molecular weight is 303 g/mol. The van der Waals surface area contributed by atoms with Gasteiger partial charge in [-0.1, -0.05) is 0 Å². The van der Waals surface area contributed by atoms with Crippen LogP contribution in [0.2, 0.25) is 0 Å². The fourth-order valence-electron chi connectivity index (χ4n) is 0.723. The van der Waals surface area contributed by atoms with Gasteiger partial charge in [-0.05, 0) is 19.6 Å². The Morgan fingerprint density at radius 2 is 1.20 bits per heavy atom. The maximum Gasteiger partial charge on any atom is -0.0239 e. The number of hydrogen-bond donors (Lipinski definition) is 0. The summed E-state index contributed by atoms with van der Waals surface area (Å²) < 4.78 is 3.66. The van der Waals surface area contributed by atoms with E-state index in [4.69, 9.17) is 37.9 Å². The van der Waals surface area contributed by atoms with E-state index < -0.39 is 0 Å². The molecule has 0 bridgehead atoms. The van der Waals surface area contributed by atoms with Gasteiger partial charge in [0.1, 0.15) is 0 Å². The third kappa shape index (κ3) is 17.9. The van der Waals surface area contributed by atoms with Crippen molar-refractivity contribution in [1.82, 2.24) is 9.91 Å². The van der Waals surface area contributed by atoms with Gasteiger partial charge in [0, 0.05) is 0 Å². The Hall–Kier alpha value is 1.35. The Kier molecular flexibility index (Phi) is 19.2. The molecule has 91 valence electrons. The molecule has 0 saturated heterocycles. The third-order valence-electron chi connectivity index (χ3n) is 1.40. The van der Waals surface area contributed by atoms with E-state index in [1.54, 1.807) is 5.01 Å². The molecule has 0 aliphatic rings. The van der Waals surface area contributed by atoms with Gasteiger partial charge in [0.25, 0.3) is 0 Å². The van der Waals surface area contributed by atoms with Crippen molar-refractivity contribution in [3.05, 3.63) is 0 Å². The van der Waals surface area contributed by atoms with Crippen LogP contribution in [0.25, 0.3) is 0 Å². The van der Waals surface area contributed by atoms with Crippen LogP contribution < -0.4 is 0 Å². The van der Waals surface area contributed by atoms with Gasteiger partial charge in [-0.3, -0.25) is 0 Å². The van der Waals surface area contributed by atoms with Gasteiger partial charge in [0.05, 0.1) is 0 Å². The van der Waals surface area contributed by atoms with Crippen molar-refractivity contribution < 1.29 is 17.2 Å². The largest absolute Gasteiger partial charge is 0.791 e. The molecule has 0 aromatic rings. The minimum Gasteiger partial charge on any atom is -0.791 e. The molecule has 0 saturated carbocycles. The number of hydrogen-bond acceptors (Lipinski definition) is 6. The van der Waals surface area contributed by atoms with Crippen LogP contribution in [0.15, 0.2) is 3.90 Å². The molecule has 0 spiro atoms. The van der Waals surface area contributed by atoms with Crippen molar-refractivity contribution in [3.8, 4) is 0 Å². The Bertz CT molecular complexity index is 124. The zero-order chi connectivity index (χ0) is 12.1. The maximum absolute atomic E-state index is 4.85. The molecule has 0 radical (unpaired) electrons. The molecule has 0 atom stereocenters. The first-order valence-electron chi connectivity index (χ1n) is 4.61. The quantitative estimate of drug-likeness (QED) is 0.490. The van der Waals surface area contributed by atoms with E-state index in [0.717, 1.165) is 36.9 Å². The van der Waals surface area contributed by atoms with Crippen LogP contribution in [0.1, 0.15) is 0 Å². The molecule has 0 aromatic heterocycles. The summed E-state index contributed by atoms with van der Waals surface area (Å²) in [6, 6.07) is 0. The van der Waals surface area contributed by atoms with Crippen LogP contribution in [-0.2, 0) is 55.1 Å². The van der Waals surface area contributed by atoms with E-state index in [1.165, 1.54) is 0 Å². The number of rotatable bonds is 7.